The molecule has 0 aliphatic carbocycles. The van der Waals surface area contributed by atoms with E-state index in [0.29, 0.717) is 102 Å². The number of nitrogens with one attached hydrogen (secondary N) is 3. The van der Waals surface area contributed by atoms with Crippen LogP contribution in [0.15, 0.2) is 95.2 Å². The number of fused-ring (bicyclic) bond motifs is 4. The molecule has 4 aromatic carbocycles. The van der Waals surface area contributed by atoms with Crippen molar-refractivity contribution in [2.24, 2.45) is 21.8 Å². The van der Waals surface area contributed by atoms with Gasteiger partial charge in [-0.15, -0.1) is 11.8 Å². The summed E-state index contributed by atoms with van der Waals surface area (Å²) in [6.07, 6.45) is 26.1. The Balaban J connectivity index is 0.636. The van der Waals surface area contributed by atoms with E-state index in [-0.39, 0.29) is 78.8 Å². The summed E-state index contributed by atoms with van der Waals surface area (Å²) < 4.78 is 23.9. The lowest BCUT2D eigenvalue weighted by atomic mass is 9.96. The number of benzene rings is 4. The van der Waals surface area contributed by atoms with E-state index >= 15 is 0 Å². The summed E-state index contributed by atoms with van der Waals surface area (Å²) in [6, 6.07) is 20.3. The number of aliphatic imine (C=N–C) groups is 2. The Morgan fingerprint density at radius 3 is 1.66 bits per heavy atom. The van der Waals surface area contributed by atoms with Crippen LogP contribution in [-0.2, 0) is 24.0 Å². The van der Waals surface area contributed by atoms with Gasteiger partial charge in [-0.1, -0.05) is 123 Å². The van der Waals surface area contributed by atoms with Crippen LogP contribution >= 0.6 is 11.8 Å². The Bertz CT molecular complexity index is 3700. The molecule has 0 saturated carbocycles. The van der Waals surface area contributed by atoms with Gasteiger partial charge in [0, 0.05) is 113 Å². The molecule has 6 aliphatic rings. The highest BCUT2D eigenvalue weighted by Gasteiger charge is 2.40. The van der Waals surface area contributed by atoms with Gasteiger partial charge >= 0.3 is 0 Å². The minimum Gasteiger partial charge on any atom is -0.493 e. The standard InChI is InChI=1S/C80H106N10O11S/c1-9-11-13-15-18-23-55(24-19-16-14-12-10-2)52-102-72-47-74(92)88(80(72)97)34-21-17-20-25-73(91)85-75(53(3)4)77(94)83-54(5)76(93)84-60-30-26-56(27-31-60)58-41-62-48-81-66-45-70(68(98-7)43-64(66)78(95)89(62)50-58)100-39-22-40-101-71-46-67-65(44-69(71)99-8)79(96)90-51-59(42-63(90)49-82-67)57-28-32-61(33-29-57)87-37-35-86(6)36-38-87/h26-33,43-46,48-51,53-55,62-63,72,75H,9-25,34-42,47,52H2,1-8H3,(H,83,94)(H,84,93)(H,85,91)/t54-,62-,63-,72?,75-/m0/s1. The number of hydrogen-bond donors (Lipinski definition) is 3. The van der Waals surface area contributed by atoms with Crippen LogP contribution in [-0.4, -0.2) is 176 Å². The smallest absolute Gasteiger partial charge is 0.260 e. The molecular weight excluding hydrogens is 1310 g/mol. The summed E-state index contributed by atoms with van der Waals surface area (Å²) in [5.41, 5.74) is 7.36. The van der Waals surface area contributed by atoms with Crippen LogP contribution in [0.4, 0.5) is 22.7 Å². The maximum absolute atomic E-state index is 14.3. The molecule has 22 heteroatoms. The number of unbranched alkanes of at least 4 members (excludes halogenated alkanes) is 10. The highest BCUT2D eigenvalue weighted by atomic mass is 32.2. The number of amides is 7. The maximum atomic E-state index is 14.3. The summed E-state index contributed by atoms with van der Waals surface area (Å²) in [5, 5.41) is 8.20. The van der Waals surface area contributed by atoms with E-state index in [1.165, 1.54) is 94.7 Å². The monoisotopic (exact) mass is 1410 g/mol. The number of methoxy groups -OCH3 is 2. The molecule has 0 spiro atoms. The molecule has 21 nitrogen and oxygen atoms in total. The second-order valence-electron chi connectivity index (χ2n) is 28.3. The number of rotatable bonds is 38. The van der Waals surface area contributed by atoms with Gasteiger partial charge in [-0.3, -0.25) is 48.4 Å². The number of thioether (sulfide) groups is 1. The molecule has 102 heavy (non-hydrogen) atoms. The molecule has 10 rings (SSSR count). The van der Waals surface area contributed by atoms with Gasteiger partial charge in [0.05, 0.1) is 67.3 Å². The Morgan fingerprint density at radius 2 is 1.13 bits per heavy atom. The lowest BCUT2D eigenvalue weighted by Gasteiger charge is -2.34. The van der Waals surface area contributed by atoms with E-state index in [1.807, 2.05) is 44.6 Å². The molecule has 2 fully saturated rings. The fourth-order valence-corrected chi connectivity index (χ4v) is 15.4. The van der Waals surface area contributed by atoms with E-state index in [1.54, 1.807) is 78.2 Å². The lowest BCUT2D eigenvalue weighted by molar-refractivity contribution is -0.138. The molecule has 7 amide bonds. The van der Waals surface area contributed by atoms with Crippen molar-refractivity contribution in [3.8, 4) is 23.0 Å². The number of imide groups is 1. The Kier molecular flexibility index (Phi) is 27.7. The van der Waals surface area contributed by atoms with Gasteiger partial charge in [-0.25, -0.2) is 0 Å². The third-order valence-electron chi connectivity index (χ3n) is 20.3. The first-order chi connectivity index (χ1) is 49.4. The molecule has 0 aromatic heterocycles. The van der Waals surface area contributed by atoms with Gasteiger partial charge in [0.1, 0.15) is 12.1 Å². The lowest BCUT2D eigenvalue weighted by Crippen LogP contribution is -2.53. The van der Waals surface area contributed by atoms with Crippen LogP contribution in [0.2, 0.25) is 0 Å². The quantitative estimate of drug-likeness (QED) is 0.0280. The normalized spacial score (nSPS) is 18.5. The van der Waals surface area contributed by atoms with Crippen molar-refractivity contribution in [2.75, 3.05) is 83.2 Å². The van der Waals surface area contributed by atoms with Crippen LogP contribution in [0.3, 0.4) is 0 Å². The van der Waals surface area contributed by atoms with Crippen LogP contribution in [0.1, 0.15) is 195 Å². The number of likely N-dealkylation sites (N-methyl/N-ethyl adjacent to an activating group) is 1. The van der Waals surface area contributed by atoms with Crippen LogP contribution in [0.25, 0.3) is 11.1 Å². The Labute approximate surface area is 607 Å². The van der Waals surface area contributed by atoms with E-state index in [9.17, 15) is 33.6 Å². The SMILES string of the molecule is CCCCCCCC(CCCCCCC)CSC1CC(=O)N(CCCCCC(=O)N[C@H](C(=O)N[C@@H](C)C(=O)Nc2ccc(C3=CN4C(=O)c5cc(OC)c(OCCCOc6cc7c(cc6OC)C(=O)N6C=C(c8ccc(N9CCN(C)CC9)cc8)C[C@H]6C=N7)cc5N=C[C@@H]4C3)cc2)C(C)C)C1=O. The van der Waals surface area contributed by atoms with Crippen LogP contribution in [0, 0.1) is 11.8 Å². The Hall–Kier alpha value is -8.50. The van der Waals surface area contributed by atoms with Gasteiger partial charge in [-0.05, 0) is 116 Å². The van der Waals surface area contributed by atoms with Crippen molar-refractivity contribution in [3.05, 3.63) is 107 Å². The summed E-state index contributed by atoms with van der Waals surface area (Å²) in [4.78, 5) is 114. The third-order valence-corrected chi connectivity index (χ3v) is 21.8. The van der Waals surface area contributed by atoms with Gasteiger partial charge in [0.15, 0.2) is 23.0 Å². The van der Waals surface area contributed by atoms with Crippen molar-refractivity contribution >= 4 is 99.4 Å². The van der Waals surface area contributed by atoms with Gasteiger partial charge in [0.2, 0.25) is 29.5 Å². The van der Waals surface area contributed by atoms with E-state index in [4.69, 9.17) is 28.9 Å². The fourth-order valence-electron chi connectivity index (χ4n) is 14.1. The van der Waals surface area contributed by atoms with Crippen LogP contribution in [0.5, 0.6) is 23.0 Å². The molecular formula is C80H106N10O11S. The van der Waals surface area contributed by atoms with Crippen molar-refractivity contribution < 1.29 is 52.5 Å². The summed E-state index contributed by atoms with van der Waals surface area (Å²) in [5.74, 6) is 1.07. The molecule has 548 valence electrons. The number of carbonyl (C=O) groups is 7. The number of anilines is 2. The van der Waals surface area contributed by atoms with E-state index in [2.05, 4.69) is 70.9 Å². The molecule has 0 bridgehead atoms. The molecule has 5 atom stereocenters. The molecule has 2 saturated heterocycles. The summed E-state index contributed by atoms with van der Waals surface area (Å²) >= 11 is 1.67. The van der Waals surface area contributed by atoms with Gasteiger partial charge in [0.25, 0.3) is 11.8 Å². The second-order valence-corrected chi connectivity index (χ2v) is 29.6. The van der Waals surface area contributed by atoms with Crippen molar-refractivity contribution in [2.45, 2.75) is 192 Å². The van der Waals surface area contributed by atoms with Crippen molar-refractivity contribution in [1.29, 1.82) is 0 Å². The highest BCUT2D eigenvalue weighted by molar-refractivity contribution is 8.00. The van der Waals surface area contributed by atoms with Crippen LogP contribution < -0.4 is 39.8 Å². The first kappa shape index (κ1) is 76.1. The minimum absolute atomic E-state index is 0.0832. The summed E-state index contributed by atoms with van der Waals surface area (Å²) in [6.45, 7) is 14.6. The number of likely N-dealkylation sites (tertiary alicyclic amines) is 1. The average Bonchev–Trinajstić information content (AvgIpc) is 1.61. The molecule has 6 heterocycles. The maximum Gasteiger partial charge on any atom is 0.260 e. The highest BCUT2D eigenvalue weighted by Crippen LogP contribution is 2.43. The predicted molar refractivity (Wildman–Crippen MR) is 405 cm³/mol. The molecule has 3 N–H and O–H groups in total. The average molecular weight is 1420 g/mol. The second kappa shape index (κ2) is 37.1. The predicted octanol–water partition coefficient (Wildman–Crippen LogP) is 13.6. The topological polar surface area (TPSA) is 233 Å². The van der Waals surface area contributed by atoms with E-state index < -0.39 is 23.9 Å². The number of ether oxygens (including phenoxy) is 4. The third kappa shape index (κ3) is 19.8. The zero-order chi connectivity index (χ0) is 72.2. The Morgan fingerprint density at radius 1 is 0.598 bits per heavy atom. The van der Waals surface area contributed by atoms with Crippen molar-refractivity contribution in [3.63, 3.8) is 0 Å². The molecule has 0 radical (unpaired) electrons. The number of nitrogens with zero attached hydrogens (tertiary/aromatic N) is 7. The zero-order valence-corrected chi connectivity index (χ0v) is 61.9. The first-order valence-electron chi connectivity index (χ1n) is 37.3. The fraction of sp³-hybridized carbons (Fsp3) is 0.537. The van der Waals surface area contributed by atoms with Gasteiger partial charge < -0.3 is 54.5 Å². The minimum atomic E-state index is -0.929. The van der Waals surface area contributed by atoms with Gasteiger partial charge in [-0.2, -0.15) is 0 Å². The zero-order valence-electron chi connectivity index (χ0n) is 61.1. The molecule has 4 aromatic rings. The largest absolute Gasteiger partial charge is 0.493 e. The molecule has 6 aliphatic heterocycles. The summed E-state index contributed by atoms with van der Waals surface area (Å²) in [7, 11) is 5.21. The number of hydrogen-bond acceptors (Lipinski definition) is 16. The molecule has 1 unspecified atom stereocenters. The number of piperazine rings is 1. The van der Waals surface area contributed by atoms with E-state index in [0.717, 1.165) is 54.2 Å². The number of carbonyl (C=O) groups excluding carboxylic acids is 7. The van der Waals surface area contributed by atoms with Crippen molar-refractivity contribution in [1.82, 2.24) is 30.2 Å². The first-order valence-corrected chi connectivity index (χ1v) is 38.3.